The van der Waals surface area contributed by atoms with E-state index in [1.165, 1.54) is 6.26 Å². The molecule has 176 valence electrons. The molecular formula is C25H31N3O5. The molecule has 8 nitrogen and oxygen atoms in total. The first-order valence-corrected chi connectivity index (χ1v) is 11.6. The molecular weight excluding hydrogens is 422 g/mol. The van der Waals surface area contributed by atoms with Gasteiger partial charge in [-0.2, -0.15) is 0 Å². The summed E-state index contributed by atoms with van der Waals surface area (Å²) in [5.41, 5.74) is 0.947. The second kappa shape index (κ2) is 10.1. The SMILES string of the molecule is CCCCN1C(=O)C[C@@H](C(=O)N2CCN(C(=O)c3ccco3)CC2)[C@H]1c1ccc(OC)cc1. The Balaban J connectivity index is 1.48. The fraction of sp³-hybridized carbons (Fsp3) is 0.480. The van der Waals surface area contributed by atoms with Gasteiger partial charge in [0.1, 0.15) is 5.75 Å². The van der Waals surface area contributed by atoms with Gasteiger partial charge in [-0.3, -0.25) is 14.4 Å². The molecule has 33 heavy (non-hydrogen) atoms. The van der Waals surface area contributed by atoms with Gasteiger partial charge < -0.3 is 23.9 Å². The lowest BCUT2D eigenvalue weighted by molar-refractivity contribution is -0.138. The number of benzene rings is 1. The lowest BCUT2D eigenvalue weighted by Gasteiger charge is -2.37. The third-order valence-corrected chi connectivity index (χ3v) is 6.57. The third kappa shape index (κ3) is 4.74. The van der Waals surface area contributed by atoms with Crippen molar-refractivity contribution in [2.45, 2.75) is 32.2 Å². The zero-order valence-electron chi connectivity index (χ0n) is 19.2. The molecule has 3 amide bonds. The van der Waals surface area contributed by atoms with Gasteiger partial charge in [0, 0.05) is 39.1 Å². The van der Waals surface area contributed by atoms with Crippen molar-refractivity contribution in [3.63, 3.8) is 0 Å². The maximum Gasteiger partial charge on any atom is 0.289 e. The molecule has 2 aliphatic heterocycles. The van der Waals surface area contributed by atoms with Crippen LogP contribution < -0.4 is 4.74 Å². The first-order valence-electron chi connectivity index (χ1n) is 11.6. The minimum atomic E-state index is -0.435. The molecule has 4 rings (SSSR count). The molecule has 0 radical (unpaired) electrons. The summed E-state index contributed by atoms with van der Waals surface area (Å²) in [5, 5.41) is 0. The van der Waals surface area contributed by atoms with Crippen molar-refractivity contribution in [3.05, 3.63) is 54.0 Å². The Morgan fingerprint density at radius 2 is 1.76 bits per heavy atom. The van der Waals surface area contributed by atoms with E-state index in [1.54, 1.807) is 29.0 Å². The molecule has 0 unspecified atom stereocenters. The van der Waals surface area contributed by atoms with Crippen molar-refractivity contribution in [1.29, 1.82) is 0 Å². The number of likely N-dealkylation sites (tertiary alicyclic amines) is 1. The molecule has 2 atom stereocenters. The molecule has 0 bridgehead atoms. The number of hydrogen-bond donors (Lipinski definition) is 0. The second-order valence-corrected chi connectivity index (χ2v) is 8.56. The van der Waals surface area contributed by atoms with Gasteiger partial charge in [0.15, 0.2) is 5.76 Å². The number of hydrogen-bond acceptors (Lipinski definition) is 5. The molecule has 2 saturated heterocycles. The van der Waals surface area contributed by atoms with Gasteiger partial charge in [0.25, 0.3) is 5.91 Å². The topological polar surface area (TPSA) is 83.3 Å². The first kappa shape index (κ1) is 22.9. The van der Waals surface area contributed by atoms with Gasteiger partial charge >= 0.3 is 0 Å². The van der Waals surface area contributed by atoms with Gasteiger partial charge in [-0.05, 0) is 36.2 Å². The lowest BCUT2D eigenvalue weighted by atomic mass is 9.91. The van der Waals surface area contributed by atoms with E-state index in [0.29, 0.717) is 38.5 Å². The van der Waals surface area contributed by atoms with Crippen LogP contribution in [0.1, 0.15) is 48.3 Å². The highest BCUT2D eigenvalue weighted by molar-refractivity contribution is 5.92. The minimum Gasteiger partial charge on any atom is -0.497 e. The van der Waals surface area contributed by atoms with Crippen molar-refractivity contribution in [1.82, 2.24) is 14.7 Å². The van der Waals surface area contributed by atoms with Crippen molar-refractivity contribution in [2.24, 2.45) is 5.92 Å². The number of rotatable bonds is 7. The number of carbonyl (C=O) groups excluding carboxylic acids is 3. The van der Waals surface area contributed by atoms with Crippen LogP contribution in [0.5, 0.6) is 5.75 Å². The molecule has 0 N–H and O–H groups in total. The van der Waals surface area contributed by atoms with Crippen molar-refractivity contribution >= 4 is 17.7 Å². The van der Waals surface area contributed by atoms with Crippen LogP contribution >= 0.6 is 0 Å². The summed E-state index contributed by atoms with van der Waals surface area (Å²) in [5.74, 6) is 0.452. The fourth-order valence-electron chi connectivity index (χ4n) is 4.74. The molecule has 8 heteroatoms. The monoisotopic (exact) mass is 453 g/mol. The Labute approximate surface area is 194 Å². The highest BCUT2D eigenvalue weighted by Gasteiger charge is 2.46. The van der Waals surface area contributed by atoms with Gasteiger partial charge in [-0.15, -0.1) is 0 Å². The maximum absolute atomic E-state index is 13.6. The van der Waals surface area contributed by atoms with E-state index in [1.807, 2.05) is 29.2 Å². The lowest BCUT2D eigenvalue weighted by Crippen LogP contribution is -2.52. The summed E-state index contributed by atoms with van der Waals surface area (Å²) in [4.78, 5) is 44.4. The highest BCUT2D eigenvalue weighted by Crippen LogP contribution is 2.40. The van der Waals surface area contributed by atoms with E-state index < -0.39 is 5.92 Å². The van der Waals surface area contributed by atoms with Crippen molar-refractivity contribution in [3.8, 4) is 5.75 Å². The quantitative estimate of drug-likeness (QED) is 0.644. The van der Waals surface area contributed by atoms with Crippen LogP contribution in [0.2, 0.25) is 0 Å². The van der Waals surface area contributed by atoms with Gasteiger partial charge in [-0.1, -0.05) is 25.5 Å². The fourth-order valence-corrected chi connectivity index (χ4v) is 4.74. The van der Waals surface area contributed by atoms with E-state index in [9.17, 15) is 14.4 Å². The molecule has 3 heterocycles. The van der Waals surface area contributed by atoms with Gasteiger partial charge in [0.05, 0.1) is 25.3 Å². The minimum absolute atomic E-state index is 0.0201. The summed E-state index contributed by atoms with van der Waals surface area (Å²) in [7, 11) is 1.62. The molecule has 0 saturated carbocycles. The maximum atomic E-state index is 13.6. The average molecular weight is 454 g/mol. The van der Waals surface area contributed by atoms with Gasteiger partial charge in [-0.25, -0.2) is 0 Å². The number of unbranched alkanes of at least 4 members (excludes halogenated alkanes) is 1. The number of methoxy groups -OCH3 is 1. The molecule has 2 fully saturated rings. The van der Waals surface area contributed by atoms with E-state index in [4.69, 9.17) is 9.15 Å². The highest BCUT2D eigenvalue weighted by atomic mass is 16.5. The normalized spacial score (nSPS) is 20.9. The number of carbonyl (C=O) groups is 3. The van der Waals surface area contributed by atoms with Crippen LogP contribution in [0.4, 0.5) is 0 Å². The number of nitrogens with zero attached hydrogens (tertiary/aromatic N) is 3. The van der Waals surface area contributed by atoms with Crippen LogP contribution in [-0.2, 0) is 9.59 Å². The van der Waals surface area contributed by atoms with Crippen molar-refractivity contribution < 1.29 is 23.5 Å². The van der Waals surface area contributed by atoms with E-state index in [2.05, 4.69) is 6.92 Å². The van der Waals surface area contributed by atoms with Crippen LogP contribution in [0.15, 0.2) is 47.1 Å². The standard InChI is InChI=1S/C25H31N3O5/c1-3-4-11-28-22(29)17-20(23(28)18-7-9-19(32-2)10-8-18)24(30)26-12-14-27(15-13-26)25(31)21-6-5-16-33-21/h5-10,16,20,23H,3-4,11-15,17H2,1-2H3/t20-,23-/m1/s1. The predicted molar refractivity (Wildman–Crippen MR) is 122 cm³/mol. The van der Waals surface area contributed by atoms with E-state index in [-0.39, 0.29) is 30.2 Å². The Hall–Kier alpha value is -3.29. The Bertz CT molecular complexity index is 964. The summed E-state index contributed by atoms with van der Waals surface area (Å²) in [6, 6.07) is 10.7. The Kier molecular flexibility index (Phi) is 7.01. The van der Waals surface area contributed by atoms with E-state index >= 15 is 0 Å². The third-order valence-electron chi connectivity index (χ3n) is 6.57. The van der Waals surface area contributed by atoms with Crippen LogP contribution in [-0.4, -0.2) is 72.3 Å². The number of furan rings is 1. The number of amides is 3. The molecule has 1 aromatic heterocycles. The molecule has 1 aromatic carbocycles. The molecule has 2 aliphatic rings. The largest absolute Gasteiger partial charge is 0.497 e. The van der Waals surface area contributed by atoms with Crippen LogP contribution in [0.3, 0.4) is 0 Å². The second-order valence-electron chi connectivity index (χ2n) is 8.56. The summed E-state index contributed by atoms with van der Waals surface area (Å²) >= 11 is 0. The Morgan fingerprint density at radius 3 is 2.36 bits per heavy atom. The van der Waals surface area contributed by atoms with Gasteiger partial charge in [0.2, 0.25) is 11.8 Å². The number of ether oxygens (including phenoxy) is 1. The summed E-state index contributed by atoms with van der Waals surface area (Å²) in [6.45, 7) is 4.51. The van der Waals surface area contributed by atoms with E-state index in [0.717, 1.165) is 24.2 Å². The zero-order valence-corrected chi connectivity index (χ0v) is 19.2. The first-order chi connectivity index (χ1) is 16.0. The van der Waals surface area contributed by atoms with Crippen LogP contribution in [0, 0.1) is 5.92 Å². The molecule has 0 spiro atoms. The molecule has 2 aromatic rings. The zero-order chi connectivity index (χ0) is 23.4. The molecule has 0 aliphatic carbocycles. The predicted octanol–water partition coefficient (Wildman–Crippen LogP) is 2.96. The summed E-state index contributed by atoms with van der Waals surface area (Å²) < 4.78 is 10.5. The van der Waals surface area contributed by atoms with Crippen LogP contribution in [0.25, 0.3) is 0 Å². The average Bonchev–Trinajstić information content (AvgIpc) is 3.50. The number of piperazine rings is 1. The Morgan fingerprint density at radius 1 is 1.06 bits per heavy atom. The summed E-state index contributed by atoms with van der Waals surface area (Å²) in [6.07, 6.45) is 3.56. The smallest absolute Gasteiger partial charge is 0.289 e. The van der Waals surface area contributed by atoms with Crippen molar-refractivity contribution in [2.75, 3.05) is 39.8 Å².